The Morgan fingerprint density at radius 1 is 0.515 bits per heavy atom. The zero-order valence-electron chi connectivity index (χ0n) is 40.1. The molecular formula is C52H68F4N4O6S2. The monoisotopic (exact) mass is 984 g/mol. The second-order valence-electron chi connectivity index (χ2n) is 17.5. The van der Waals surface area contributed by atoms with Crippen LogP contribution >= 0.6 is 23.5 Å². The van der Waals surface area contributed by atoms with Gasteiger partial charge in [-0.1, -0.05) is 89.5 Å². The molecule has 372 valence electrons. The second kappa shape index (κ2) is 29.0. The molecule has 0 saturated carbocycles. The number of unbranched alkanes of at least 4 members (excludes halogenated alkanes) is 8. The highest BCUT2D eigenvalue weighted by molar-refractivity contribution is 8.01. The van der Waals surface area contributed by atoms with Gasteiger partial charge in [0.25, 0.3) is 0 Å². The minimum absolute atomic E-state index is 0.0586. The van der Waals surface area contributed by atoms with Gasteiger partial charge in [-0.2, -0.15) is 0 Å². The van der Waals surface area contributed by atoms with E-state index in [9.17, 15) is 47.0 Å². The first-order valence-corrected chi connectivity index (χ1v) is 24.9. The van der Waals surface area contributed by atoms with Gasteiger partial charge in [0, 0.05) is 48.1 Å². The molecule has 0 aliphatic heterocycles. The van der Waals surface area contributed by atoms with Gasteiger partial charge < -0.3 is 30.6 Å². The Balaban J connectivity index is 0.000000360. The number of thioether (sulfide) groups is 2. The largest absolute Gasteiger partial charge is 0.480 e. The molecule has 0 aromatic heterocycles. The van der Waals surface area contributed by atoms with Crippen LogP contribution in [-0.4, -0.2) is 79.7 Å². The molecule has 4 rings (SSSR count). The van der Waals surface area contributed by atoms with E-state index in [-0.39, 0.29) is 11.4 Å². The zero-order chi connectivity index (χ0) is 50.3. The van der Waals surface area contributed by atoms with Crippen LogP contribution < -0.4 is 10.6 Å². The van der Waals surface area contributed by atoms with E-state index in [0.717, 1.165) is 109 Å². The number of anilines is 2. The van der Waals surface area contributed by atoms with Crippen molar-refractivity contribution in [3.05, 3.63) is 119 Å². The van der Waals surface area contributed by atoms with Gasteiger partial charge in [-0.25, -0.2) is 27.2 Å². The number of aliphatic carboxylic acids is 2. The summed E-state index contributed by atoms with van der Waals surface area (Å²) in [5.41, 5.74) is 1.83. The summed E-state index contributed by atoms with van der Waals surface area (Å²) in [5, 5.41) is 23.9. The third-order valence-electron chi connectivity index (χ3n) is 10.9. The molecule has 0 unspecified atom stereocenters. The van der Waals surface area contributed by atoms with Gasteiger partial charge in [0.05, 0.1) is 11.4 Å². The van der Waals surface area contributed by atoms with Gasteiger partial charge in [0.1, 0.15) is 32.8 Å². The van der Waals surface area contributed by atoms with Crippen molar-refractivity contribution in [3.8, 4) is 0 Å². The maximum absolute atomic E-state index is 14.0. The van der Waals surface area contributed by atoms with Gasteiger partial charge in [-0.05, 0) is 113 Å². The Morgan fingerprint density at radius 3 is 1.22 bits per heavy atom. The number of nitrogens with zero attached hydrogens (tertiary/aromatic N) is 2. The average Bonchev–Trinajstić information content (AvgIpc) is 3.27. The van der Waals surface area contributed by atoms with E-state index >= 15 is 0 Å². The van der Waals surface area contributed by atoms with Crippen LogP contribution in [0.1, 0.15) is 117 Å². The SMILES string of the molecule is CCCCCCCN(CCc1cccc(SC(C)(C)C(=O)O)c1)C(=O)Nc1ccc(F)cc1F.CCCCCCCN(CCc1cccc(SC(C)(C)C(=O)O)c1)C(=O)Nc1ccc(F)cc1F. The Bertz CT molecular complexity index is 2090. The molecule has 0 heterocycles. The zero-order valence-corrected chi connectivity index (χ0v) is 41.8. The quantitative estimate of drug-likeness (QED) is 0.0277. The van der Waals surface area contributed by atoms with Crippen LogP contribution in [0.15, 0.2) is 94.7 Å². The van der Waals surface area contributed by atoms with Crippen molar-refractivity contribution in [2.45, 2.75) is 138 Å². The summed E-state index contributed by atoms with van der Waals surface area (Å²) in [4.78, 5) is 53.7. The number of nitrogens with one attached hydrogen (secondary N) is 2. The van der Waals surface area contributed by atoms with Gasteiger partial charge >= 0.3 is 24.0 Å². The molecule has 4 aromatic carbocycles. The highest BCUT2D eigenvalue weighted by Gasteiger charge is 2.29. The number of hydrogen-bond donors (Lipinski definition) is 4. The van der Waals surface area contributed by atoms with Gasteiger partial charge in [0.15, 0.2) is 0 Å². The number of halogens is 4. The number of amides is 4. The third-order valence-corrected chi connectivity index (χ3v) is 13.2. The highest BCUT2D eigenvalue weighted by Crippen LogP contribution is 2.34. The van der Waals surface area contributed by atoms with Crippen molar-refractivity contribution in [2.75, 3.05) is 36.8 Å². The lowest BCUT2D eigenvalue weighted by Crippen LogP contribution is -2.37. The van der Waals surface area contributed by atoms with Crippen LogP contribution in [0.5, 0.6) is 0 Å². The first-order chi connectivity index (χ1) is 32.2. The summed E-state index contributed by atoms with van der Waals surface area (Å²) >= 11 is 2.54. The molecule has 0 spiro atoms. The Morgan fingerprint density at radius 2 is 0.882 bits per heavy atom. The van der Waals surface area contributed by atoms with E-state index < -0.39 is 56.8 Å². The van der Waals surface area contributed by atoms with E-state index in [1.165, 1.54) is 35.7 Å². The van der Waals surface area contributed by atoms with Gasteiger partial charge in [-0.15, -0.1) is 23.5 Å². The maximum Gasteiger partial charge on any atom is 0.321 e. The number of rotatable bonds is 26. The second-order valence-corrected chi connectivity index (χ2v) is 20.9. The van der Waals surface area contributed by atoms with Gasteiger partial charge in [-0.3, -0.25) is 9.59 Å². The summed E-state index contributed by atoms with van der Waals surface area (Å²) in [6.07, 6.45) is 11.5. The lowest BCUT2D eigenvalue weighted by Gasteiger charge is -2.24. The molecule has 0 bridgehead atoms. The molecule has 0 aliphatic rings. The summed E-state index contributed by atoms with van der Waals surface area (Å²) in [7, 11) is 0. The molecule has 4 aromatic rings. The molecule has 0 atom stereocenters. The van der Waals surface area contributed by atoms with Crippen LogP contribution in [0.3, 0.4) is 0 Å². The van der Waals surface area contributed by atoms with Crippen molar-refractivity contribution in [1.82, 2.24) is 9.80 Å². The van der Waals surface area contributed by atoms with Gasteiger partial charge in [0.2, 0.25) is 0 Å². The molecule has 0 saturated heterocycles. The minimum Gasteiger partial charge on any atom is -0.480 e. The van der Waals surface area contributed by atoms with Crippen LogP contribution in [0.25, 0.3) is 0 Å². The molecule has 0 fully saturated rings. The van der Waals surface area contributed by atoms with Crippen molar-refractivity contribution in [3.63, 3.8) is 0 Å². The first kappa shape index (κ1) is 57.1. The molecular weight excluding hydrogens is 917 g/mol. The van der Waals surface area contributed by atoms with E-state index in [1.54, 1.807) is 37.5 Å². The Kier molecular flexibility index (Phi) is 24.3. The average molecular weight is 985 g/mol. The number of hydrogen-bond acceptors (Lipinski definition) is 6. The van der Waals surface area contributed by atoms with Crippen LogP contribution in [0, 0.1) is 23.3 Å². The van der Waals surface area contributed by atoms with E-state index in [0.29, 0.717) is 39.0 Å². The number of carboxylic acids is 2. The van der Waals surface area contributed by atoms with Crippen molar-refractivity contribution < 1.29 is 47.0 Å². The van der Waals surface area contributed by atoms with Crippen molar-refractivity contribution in [2.24, 2.45) is 0 Å². The Hall–Kier alpha value is -5.22. The summed E-state index contributed by atoms with van der Waals surface area (Å²) in [5.74, 6) is -4.81. The fraction of sp³-hybridized carbons (Fsp3) is 0.462. The summed E-state index contributed by atoms with van der Waals surface area (Å²) in [6, 6.07) is 20.5. The lowest BCUT2D eigenvalue weighted by atomic mass is 10.1. The maximum atomic E-state index is 14.0. The fourth-order valence-electron chi connectivity index (χ4n) is 6.75. The third kappa shape index (κ3) is 20.6. The van der Waals surface area contributed by atoms with Crippen molar-refractivity contribution in [1.29, 1.82) is 0 Å². The molecule has 4 N–H and O–H groups in total. The lowest BCUT2D eigenvalue weighted by molar-refractivity contribution is -0.139. The van der Waals surface area contributed by atoms with E-state index in [4.69, 9.17) is 0 Å². The van der Waals surface area contributed by atoms with Crippen molar-refractivity contribution >= 4 is 58.9 Å². The topological polar surface area (TPSA) is 139 Å². The number of carbonyl (C=O) groups is 4. The number of benzene rings is 4. The van der Waals surface area contributed by atoms with Crippen LogP contribution in [-0.2, 0) is 22.4 Å². The summed E-state index contributed by atoms with van der Waals surface area (Å²) < 4.78 is 52.6. The van der Waals surface area contributed by atoms with Crippen LogP contribution in [0.2, 0.25) is 0 Å². The predicted octanol–water partition coefficient (Wildman–Crippen LogP) is 13.9. The van der Waals surface area contributed by atoms with Crippen LogP contribution in [0.4, 0.5) is 38.5 Å². The molecule has 0 aliphatic carbocycles. The standard InChI is InChI=1S/2C26H34F2N2O3S/c2*1-4-5-6-7-8-15-30(25(33)29-23-13-12-20(27)18-22(23)28)16-14-19-10-9-11-21(17-19)34-26(2,3)24(31)32/h2*9-13,17-18H,4-8,14-16H2,1-3H3,(H,29,33)(H,31,32). The van der Waals surface area contributed by atoms with E-state index in [1.807, 2.05) is 48.5 Å². The number of carbonyl (C=O) groups excluding carboxylic acids is 2. The fourth-order valence-corrected chi connectivity index (χ4v) is 8.81. The van der Waals surface area contributed by atoms with E-state index in [2.05, 4.69) is 24.5 Å². The minimum atomic E-state index is -0.956. The predicted molar refractivity (Wildman–Crippen MR) is 267 cm³/mol. The summed E-state index contributed by atoms with van der Waals surface area (Å²) in [6.45, 7) is 12.8. The highest BCUT2D eigenvalue weighted by atomic mass is 32.2. The smallest absolute Gasteiger partial charge is 0.321 e. The number of carboxylic acid groups (broad SMARTS) is 2. The molecule has 4 amide bonds. The Labute approximate surface area is 408 Å². The first-order valence-electron chi connectivity index (χ1n) is 23.3. The number of urea groups is 2. The molecule has 16 heteroatoms. The molecule has 0 radical (unpaired) electrons. The molecule has 68 heavy (non-hydrogen) atoms. The molecule has 10 nitrogen and oxygen atoms in total. The normalized spacial score (nSPS) is 11.3.